The number of anilines is 1. The largest absolute Gasteiger partial charge is 0.372 e. The summed E-state index contributed by atoms with van der Waals surface area (Å²) < 4.78 is 10.1. The van der Waals surface area contributed by atoms with E-state index in [1.54, 1.807) is 21.0 Å². The first-order chi connectivity index (χ1) is 11.5. The van der Waals surface area contributed by atoms with Gasteiger partial charge in [-0.15, -0.1) is 0 Å². The van der Waals surface area contributed by atoms with Crippen molar-refractivity contribution in [3.8, 4) is 0 Å². The molecule has 2 amide bonds. The average molecular weight is 334 g/mol. The molecule has 1 aromatic carbocycles. The molecule has 1 saturated carbocycles. The summed E-state index contributed by atoms with van der Waals surface area (Å²) in [6.07, 6.45) is 1.17. The maximum atomic E-state index is 12.4. The van der Waals surface area contributed by atoms with Gasteiger partial charge in [-0.1, -0.05) is 12.1 Å². The average Bonchev–Trinajstić information content (AvgIpc) is 3.43. The first-order valence-corrected chi connectivity index (χ1v) is 8.22. The van der Waals surface area contributed by atoms with Crippen LogP contribution < -0.4 is 5.32 Å². The predicted octanol–water partition coefficient (Wildman–Crippen LogP) is 2.19. The number of methoxy groups -OCH3 is 2. The molecule has 1 aliphatic rings. The van der Waals surface area contributed by atoms with Crippen molar-refractivity contribution in [2.75, 3.05) is 19.5 Å². The molecule has 0 unspecified atom stereocenters. The maximum absolute atomic E-state index is 12.4. The summed E-state index contributed by atoms with van der Waals surface area (Å²) in [7, 11) is 3.05. The molecule has 0 bridgehead atoms. The summed E-state index contributed by atoms with van der Waals surface area (Å²) in [5.74, 6) is -0.166. The summed E-state index contributed by atoms with van der Waals surface area (Å²) in [5.41, 5.74) is 1.73. The van der Waals surface area contributed by atoms with Gasteiger partial charge in [-0.3, -0.25) is 9.59 Å². The lowest BCUT2D eigenvalue weighted by Crippen LogP contribution is -2.39. The number of carbonyl (C=O) groups excluding carboxylic acids is 2. The van der Waals surface area contributed by atoms with Crippen LogP contribution in [0.2, 0.25) is 0 Å². The van der Waals surface area contributed by atoms with Crippen molar-refractivity contribution in [3.63, 3.8) is 0 Å². The third-order valence-corrected chi connectivity index (χ3v) is 4.27. The lowest BCUT2D eigenvalue weighted by atomic mass is 10.1. The molecular formula is C18H26N2O4. The Hall–Kier alpha value is -1.92. The van der Waals surface area contributed by atoms with Crippen LogP contribution in [0.1, 0.15) is 32.3 Å². The first-order valence-electron chi connectivity index (χ1n) is 8.22. The molecule has 24 heavy (non-hydrogen) atoms. The summed E-state index contributed by atoms with van der Waals surface area (Å²) in [6, 6.07) is 7.84. The summed E-state index contributed by atoms with van der Waals surface area (Å²) in [4.78, 5) is 26.1. The Bertz CT molecular complexity index is 569. The molecule has 0 spiro atoms. The van der Waals surface area contributed by atoms with E-state index >= 15 is 0 Å². The Morgan fingerprint density at radius 3 is 2.21 bits per heavy atom. The molecule has 0 aromatic heterocycles. The molecule has 132 valence electrons. The number of amides is 2. The zero-order valence-electron chi connectivity index (χ0n) is 14.7. The molecule has 0 radical (unpaired) electrons. The van der Waals surface area contributed by atoms with Crippen molar-refractivity contribution in [2.24, 2.45) is 0 Å². The Balaban J connectivity index is 1.99. The predicted molar refractivity (Wildman–Crippen MR) is 91.6 cm³/mol. The van der Waals surface area contributed by atoms with E-state index in [0.717, 1.165) is 18.4 Å². The number of ether oxygens (including phenoxy) is 2. The minimum atomic E-state index is -0.497. The van der Waals surface area contributed by atoms with Crippen molar-refractivity contribution in [1.82, 2.24) is 4.90 Å². The van der Waals surface area contributed by atoms with Crippen LogP contribution in [0.25, 0.3) is 0 Å². The van der Waals surface area contributed by atoms with Gasteiger partial charge in [0.1, 0.15) is 12.2 Å². The van der Waals surface area contributed by atoms with Gasteiger partial charge < -0.3 is 19.7 Å². The second kappa shape index (κ2) is 8.26. The van der Waals surface area contributed by atoms with Gasteiger partial charge in [0.25, 0.3) is 11.8 Å². The molecule has 1 aliphatic carbocycles. The fourth-order valence-electron chi connectivity index (χ4n) is 2.35. The third-order valence-electron chi connectivity index (χ3n) is 4.27. The van der Waals surface area contributed by atoms with Crippen LogP contribution in [0.3, 0.4) is 0 Å². The van der Waals surface area contributed by atoms with Crippen molar-refractivity contribution >= 4 is 17.5 Å². The molecule has 6 heteroatoms. The van der Waals surface area contributed by atoms with E-state index in [9.17, 15) is 9.59 Å². The van der Waals surface area contributed by atoms with E-state index in [-0.39, 0.29) is 11.8 Å². The maximum Gasteiger partial charge on any atom is 0.253 e. The fourth-order valence-corrected chi connectivity index (χ4v) is 2.35. The van der Waals surface area contributed by atoms with Crippen LogP contribution in [0.15, 0.2) is 24.3 Å². The second-order valence-electron chi connectivity index (χ2n) is 6.14. The SMILES string of the molecule is CO[C@@H](C)C(=O)Nc1ccc(CN(C(=O)[C@@H](C)OC)C2CC2)cc1. The van der Waals surface area contributed by atoms with E-state index in [0.29, 0.717) is 18.3 Å². The van der Waals surface area contributed by atoms with Crippen LogP contribution in [-0.4, -0.2) is 49.2 Å². The lowest BCUT2D eigenvalue weighted by Gasteiger charge is -2.25. The van der Waals surface area contributed by atoms with E-state index in [4.69, 9.17) is 9.47 Å². The molecule has 1 N–H and O–H groups in total. The Kier molecular flexibility index (Phi) is 6.34. The van der Waals surface area contributed by atoms with Crippen molar-refractivity contribution in [3.05, 3.63) is 29.8 Å². The molecule has 6 nitrogen and oxygen atoms in total. The number of carbonyl (C=O) groups is 2. The van der Waals surface area contributed by atoms with Gasteiger partial charge in [-0.05, 0) is 44.4 Å². The first kappa shape index (κ1) is 18.4. The van der Waals surface area contributed by atoms with Gasteiger partial charge in [0.2, 0.25) is 0 Å². The number of nitrogens with zero attached hydrogens (tertiary/aromatic N) is 1. The number of benzene rings is 1. The highest BCUT2D eigenvalue weighted by molar-refractivity contribution is 5.93. The van der Waals surface area contributed by atoms with Gasteiger partial charge >= 0.3 is 0 Å². The molecule has 1 fully saturated rings. The molecule has 0 heterocycles. The fraction of sp³-hybridized carbons (Fsp3) is 0.556. The minimum absolute atomic E-state index is 0.0197. The van der Waals surface area contributed by atoms with Gasteiger partial charge in [0, 0.05) is 32.5 Å². The highest BCUT2D eigenvalue weighted by Crippen LogP contribution is 2.29. The summed E-state index contributed by atoms with van der Waals surface area (Å²) >= 11 is 0. The Labute approximate surface area is 143 Å². The van der Waals surface area contributed by atoms with Gasteiger partial charge in [-0.2, -0.15) is 0 Å². The molecule has 1 aromatic rings. The van der Waals surface area contributed by atoms with E-state index in [1.165, 1.54) is 7.11 Å². The van der Waals surface area contributed by atoms with Crippen LogP contribution in [-0.2, 0) is 25.6 Å². The minimum Gasteiger partial charge on any atom is -0.372 e. The van der Waals surface area contributed by atoms with Gasteiger partial charge in [0.05, 0.1) is 0 Å². The Morgan fingerprint density at radius 1 is 1.12 bits per heavy atom. The van der Waals surface area contributed by atoms with Crippen molar-refractivity contribution in [2.45, 2.75) is 51.5 Å². The van der Waals surface area contributed by atoms with Crippen LogP contribution in [0.4, 0.5) is 5.69 Å². The highest BCUT2D eigenvalue weighted by Gasteiger charge is 2.34. The topological polar surface area (TPSA) is 67.9 Å². The monoisotopic (exact) mass is 334 g/mol. The number of nitrogens with one attached hydrogen (secondary N) is 1. The number of rotatable bonds is 8. The van der Waals surface area contributed by atoms with Crippen molar-refractivity contribution in [1.29, 1.82) is 0 Å². The molecular weight excluding hydrogens is 308 g/mol. The van der Waals surface area contributed by atoms with E-state index in [1.807, 2.05) is 29.2 Å². The van der Waals surface area contributed by atoms with Crippen LogP contribution in [0, 0.1) is 0 Å². The highest BCUT2D eigenvalue weighted by atomic mass is 16.5. The standard InChI is InChI=1S/C18H26N2O4/c1-12(23-3)17(21)19-15-7-5-14(6-8-15)11-20(16-9-10-16)18(22)13(2)24-4/h5-8,12-13,16H,9-11H2,1-4H3,(H,19,21)/t12-,13+/m0/s1. The summed E-state index contributed by atoms with van der Waals surface area (Å²) in [6.45, 7) is 4.02. The molecule has 2 atom stereocenters. The molecule has 0 aliphatic heterocycles. The van der Waals surface area contributed by atoms with Crippen molar-refractivity contribution < 1.29 is 19.1 Å². The quantitative estimate of drug-likeness (QED) is 0.791. The zero-order chi connectivity index (χ0) is 17.7. The van der Waals surface area contributed by atoms with Crippen LogP contribution in [0.5, 0.6) is 0 Å². The number of hydrogen-bond donors (Lipinski definition) is 1. The van der Waals surface area contributed by atoms with E-state index in [2.05, 4.69) is 5.32 Å². The van der Waals surface area contributed by atoms with Gasteiger partial charge in [0.15, 0.2) is 0 Å². The second-order valence-corrected chi connectivity index (χ2v) is 6.14. The smallest absolute Gasteiger partial charge is 0.253 e. The summed E-state index contributed by atoms with van der Waals surface area (Å²) in [5, 5.41) is 2.79. The van der Waals surface area contributed by atoms with E-state index < -0.39 is 12.2 Å². The number of hydrogen-bond acceptors (Lipinski definition) is 4. The molecule has 0 saturated heterocycles. The zero-order valence-corrected chi connectivity index (χ0v) is 14.7. The van der Waals surface area contributed by atoms with Gasteiger partial charge in [-0.25, -0.2) is 0 Å². The van der Waals surface area contributed by atoms with Crippen LogP contribution >= 0.6 is 0 Å². The lowest BCUT2D eigenvalue weighted by molar-refractivity contribution is -0.142. The third kappa shape index (κ3) is 4.79. The normalized spacial score (nSPS) is 16.3. The Morgan fingerprint density at radius 2 is 1.71 bits per heavy atom. The molecule has 2 rings (SSSR count).